The summed E-state index contributed by atoms with van der Waals surface area (Å²) in [7, 11) is 0. The van der Waals surface area contributed by atoms with Crippen molar-refractivity contribution in [1.29, 1.82) is 0 Å². The number of hydrogen-bond acceptors (Lipinski definition) is 4. The Labute approximate surface area is 169 Å². The largest absolute Gasteiger partial charge is 0.461 e. The van der Waals surface area contributed by atoms with Gasteiger partial charge in [-0.25, -0.2) is 0 Å². The van der Waals surface area contributed by atoms with E-state index in [1.54, 1.807) is 13.8 Å². The lowest BCUT2D eigenvalue weighted by atomic mass is 9.47. The molecule has 4 nitrogen and oxygen atoms in total. The summed E-state index contributed by atoms with van der Waals surface area (Å²) in [6, 6.07) is -0.550. The van der Waals surface area contributed by atoms with Gasteiger partial charge in [0.05, 0.1) is 0 Å². The van der Waals surface area contributed by atoms with Crippen molar-refractivity contribution in [2.24, 2.45) is 40.2 Å². The topological polar surface area (TPSA) is 69.4 Å². The number of ether oxygens (including phenoxy) is 1. The first-order valence-corrected chi connectivity index (χ1v) is 11.3. The number of ketones is 1. The molecule has 4 heteroatoms. The van der Waals surface area contributed by atoms with E-state index in [9.17, 15) is 9.59 Å². The Kier molecular flexibility index (Phi) is 5.01. The van der Waals surface area contributed by atoms with Crippen LogP contribution in [0.1, 0.15) is 79.1 Å². The Morgan fingerprint density at radius 2 is 1.89 bits per heavy atom. The third-order valence-electron chi connectivity index (χ3n) is 9.20. The highest BCUT2D eigenvalue weighted by Crippen LogP contribution is 2.66. The van der Waals surface area contributed by atoms with Gasteiger partial charge in [0.2, 0.25) is 0 Å². The van der Waals surface area contributed by atoms with Gasteiger partial charge in [0.25, 0.3) is 0 Å². The van der Waals surface area contributed by atoms with Gasteiger partial charge in [-0.2, -0.15) is 0 Å². The third-order valence-corrected chi connectivity index (χ3v) is 9.20. The van der Waals surface area contributed by atoms with Gasteiger partial charge in [-0.3, -0.25) is 9.59 Å². The first-order chi connectivity index (χ1) is 13.2. The van der Waals surface area contributed by atoms with Crippen LogP contribution in [0.4, 0.5) is 0 Å². The minimum Gasteiger partial charge on any atom is -0.461 e. The molecule has 0 aromatic rings. The molecule has 0 aromatic heterocycles. The molecule has 0 heterocycles. The molecule has 4 aliphatic carbocycles. The van der Waals surface area contributed by atoms with Gasteiger partial charge in [0.15, 0.2) is 0 Å². The molecule has 2 N–H and O–H groups in total. The molecule has 0 bridgehead atoms. The molecule has 0 aromatic carbocycles. The van der Waals surface area contributed by atoms with Crippen molar-refractivity contribution in [2.45, 2.75) is 91.2 Å². The van der Waals surface area contributed by atoms with E-state index in [0.29, 0.717) is 23.5 Å². The Hall–Kier alpha value is -1.16. The van der Waals surface area contributed by atoms with E-state index in [1.165, 1.54) is 24.8 Å². The molecule has 4 aliphatic rings. The predicted molar refractivity (Wildman–Crippen MR) is 109 cm³/mol. The van der Waals surface area contributed by atoms with E-state index in [2.05, 4.69) is 19.9 Å². The Bertz CT molecular complexity index is 698. The van der Waals surface area contributed by atoms with Gasteiger partial charge in [-0.05, 0) is 87.4 Å². The molecule has 3 fully saturated rings. The van der Waals surface area contributed by atoms with E-state index in [0.717, 1.165) is 32.1 Å². The number of carbonyl (C=O) groups excluding carboxylic acids is 2. The molecule has 0 aliphatic heterocycles. The minimum absolute atomic E-state index is 0.0168. The van der Waals surface area contributed by atoms with Crippen molar-refractivity contribution in [3.05, 3.63) is 11.6 Å². The van der Waals surface area contributed by atoms with E-state index in [-0.39, 0.29) is 28.8 Å². The third kappa shape index (κ3) is 2.98. The highest BCUT2D eigenvalue weighted by molar-refractivity contribution is 5.79. The van der Waals surface area contributed by atoms with Crippen LogP contribution in [0.3, 0.4) is 0 Å². The average molecular weight is 388 g/mol. The molecule has 0 saturated heterocycles. The smallest absolute Gasteiger partial charge is 0.322 e. The summed E-state index contributed by atoms with van der Waals surface area (Å²) in [6.45, 7) is 8.35. The summed E-state index contributed by atoms with van der Waals surface area (Å²) in [5, 5.41) is 0. The van der Waals surface area contributed by atoms with Crippen LogP contribution in [0.5, 0.6) is 0 Å². The van der Waals surface area contributed by atoms with Crippen molar-refractivity contribution in [3.63, 3.8) is 0 Å². The summed E-state index contributed by atoms with van der Waals surface area (Å²) >= 11 is 0. The van der Waals surface area contributed by atoms with E-state index >= 15 is 0 Å². The first kappa shape index (κ1) is 20.1. The van der Waals surface area contributed by atoms with Gasteiger partial charge in [-0.15, -0.1) is 0 Å². The van der Waals surface area contributed by atoms with Crippen LogP contribution in [-0.2, 0) is 14.3 Å². The monoisotopic (exact) mass is 387 g/mol. The van der Waals surface area contributed by atoms with Gasteiger partial charge in [-0.1, -0.05) is 25.5 Å². The van der Waals surface area contributed by atoms with Crippen LogP contribution < -0.4 is 5.73 Å². The average Bonchev–Trinajstić information content (AvgIpc) is 2.99. The maximum atomic E-state index is 12.3. The maximum absolute atomic E-state index is 12.3. The van der Waals surface area contributed by atoms with Crippen LogP contribution in [0, 0.1) is 34.5 Å². The summed E-state index contributed by atoms with van der Waals surface area (Å²) in [5.41, 5.74) is 7.63. The number of hydrogen-bond donors (Lipinski definition) is 1. The molecule has 0 spiro atoms. The SMILES string of the molecule is CC(=O)C1CCC2C3CC=C4CC(OC(=O)C(C)N)CCC4(C)C3CCC12C. The number of carbonyl (C=O) groups is 2. The van der Waals surface area contributed by atoms with Crippen molar-refractivity contribution >= 4 is 11.8 Å². The standard InChI is InChI=1S/C24H37NO3/c1-14(25)22(27)28-17-9-11-23(3)16(13-17)5-6-18-20-8-7-19(15(2)26)24(20,4)12-10-21(18)23/h5,14,17-21H,6-13,25H2,1-4H3. The van der Waals surface area contributed by atoms with Crippen LogP contribution in [0.2, 0.25) is 0 Å². The van der Waals surface area contributed by atoms with Crippen molar-refractivity contribution in [2.75, 3.05) is 0 Å². The number of allylic oxidation sites excluding steroid dienone is 1. The predicted octanol–water partition coefficient (Wildman–Crippen LogP) is 4.41. The maximum Gasteiger partial charge on any atom is 0.322 e. The zero-order valence-corrected chi connectivity index (χ0v) is 18.0. The van der Waals surface area contributed by atoms with Gasteiger partial charge in [0.1, 0.15) is 17.9 Å². The first-order valence-electron chi connectivity index (χ1n) is 11.3. The van der Waals surface area contributed by atoms with Crippen LogP contribution >= 0.6 is 0 Å². The van der Waals surface area contributed by atoms with Gasteiger partial charge < -0.3 is 10.5 Å². The fourth-order valence-electron chi connectivity index (χ4n) is 7.67. The lowest BCUT2D eigenvalue weighted by Crippen LogP contribution is -2.51. The molecule has 8 atom stereocenters. The van der Waals surface area contributed by atoms with Gasteiger partial charge >= 0.3 is 5.97 Å². The Balaban J connectivity index is 1.54. The number of rotatable bonds is 3. The van der Waals surface area contributed by atoms with Gasteiger partial charge in [0, 0.05) is 12.3 Å². The zero-order chi connectivity index (χ0) is 20.3. The number of nitrogens with two attached hydrogens (primary N) is 1. The fourth-order valence-corrected chi connectivity index (χ4v) is 7.67. The summed E-state index contributed by atoms with van der Waals surface area (Å²) in [5.74, 6) is 2.49. The summed E-state index contributed by atoms with van der Waals surface area (Å²) < 4.78 is 5.67. The quantitative estimate of drug-likeness (QED) is 0.575. The van der Waals surface area contributed by atoms with Crippen LogP contribution in [0.15, 0.2) is 11.6 Å². The van der Waals surface area contributed by atoms with Crippen LogP contribution in [-0.4, -0.2) is 23.9 Å². The molecule has 28 heavy (non-hydrogen) atoms. The second kappa shape index (κ2) is 6.97. The van der Waals surface area contributed by atoms with E-state index < -0.39 is 6.04 Å². The second-order valence-corrected chi connectivity index (χ2v) is 10.6. The molecule has 8 unspecified atom stereocenters. The summed E-state index contributed by atoms with van der Waals surface area (Å²) in [4.78, 5) is 24.2. The fraction of sp³-hybridized carbons (Fsp3) is 0.833. The van der Waals surface area contributed by atoms with E-state index in [1.807, 2.05) is 0 Å². The summed E-state index contributed by atoms with van der Waals surface area (Å²) in [6.07, 6.45) is 11.2. The normalized spacial score (nSPS) is 45.9. The molecular weight excluding hydrogens is 350 g/mol. The molecule has 0 amide bonds. The highest BCUT2D eigenvalue weighted by atomic mass is 16.5. The molecular formula is C24H37NO3. The Morgan fingerprint density at radius 1 is 1.14 bits per heavy atom. The van der Waals surface area contributed by atoms with Crippen molar-refractivity contribution in [3.8, 4) is 0 Å². The van der Waals surface area contributed by atoms with E-state index in [4.69, 9.17) is 10.5 Å². The zero-order valence-electron chi connectivity index (χ0n) is 18.0. The molecule has 156 valence electrons. The lowest BCUT2D eigenvalue weighted by molar-refractivity contribution is -0.152. The number of Topliss-reactive ketones (excluding diaryl/α,β-unsaturated/α-hetero) is 1. The lowest BCUT2D eigenvalue weighted by Gasteiger charge is -2.58. The van der Waals surface area contributed by atoms with Crippen LogP contribution in [0.25, 0.3) is 0 Å². The minimum atomic E-state index is -0.550. The molecule has 3 saturated carbocycles. The number of fused-ring (bicyclic) bond motifs is 5. The number of esters is 1. The second-order valence-electron chi connectivity index (χ2n) is 10.6. The highest BCUT2D eigenvalue weighted by Gasteiger charge is 2.59. The van der Waals surface area contributed by atoms with Crippen molar-refractivity contribution < 1.29 is 14.3 Å². The molecule has 0 radical (unpaired) electrons. The Morgan fingerprint density at radius 3 is 2.57 bits per heavy atom. The van der Waals surface area contributed by atoms with Crippen molar-refractivity contribution in [1.82, 2.24) is 0 Å². The molecule has 4 rings (SSSR count).